The molecule has 8 nitrogen and oxygen atoms in total. The molecule has 0 radical (unpaired) electrons. The fraction of sp³-hybridized carbons (Fsp3) is 0.400. The molecule has 2 aromatic carbocycles. The van der Waals surface area contributed by atoms with Crippen LogP contribution in [-0.2, 0) is 20.5 Å². The summed E-state index contributed by atoms with van der Waals surface area (Å²) in [4.78, 5) is 19.1. The summed E-state index contributed by atoms with van der Waals surface area (Å²) in [6.07, 6.45) is 1.74. The van der Waals surface area contributed by atoms with Crippen LogP contribution in [0.3, 0.4) is 0 Å². The van der Waals surface area contributed by atoms with Gasteiger partial charge in [0.2, 0.25) is 10.0 Å². The third-order valence-electron chi connectivity index (χ3n) is 7.62. The molecular weight excluding hydrogens is 533 g/mol. The van der Waals surface area contributed by atoms with Gasteiger partial charge in [0, 0.05) is 19.2 Å². The monoisotopic (exact) mass is 567 g/mol. The fourth-order valence-electron chi connectivity index (χ4n) is 5.52. The molecule has 0 aliphatic carbocycles. The number of benzene rings is 2. The van der Waals surface area contributed by atoms with E-state index < -0.39 is 28.0 Å². The molecule has 3 unspecified atom stereocenters. The Hall–Kier alpha value is -3.34. The topological polar surface area (TPSA) is 89.0 Å². The lowest BCUT2D eigenvalue weighted by Crippen LogP contribution is -2.32. The van der Waals surface area contributed by atoms with Crippen molar-refractivity contribution in [3.63, 3.8) is 0 Å². The van der Waals surface area contributed by atoms with Gasteiger partial charge in [-0.2, -0.15) is 4.31 Å². The molecule has 2 fully saturated rings. The Balaban J connectivity index is 1.28. The lowest BCUT2D eigenvalue weighted by atomic mass is 10.0. The Labute approximate surface area is 234 Å². The van der Waals surface area contributed by atoms with E-state index in [9.17, 15) is 17.6 Å². The number of methoxy groups -OCH3 is 1. The van der Waals surface area contributed by atoms with E-state index in [1.165, 1.54) is 10.4 Å². The van der Waals surface area contributed by atoms with Crippen molar-refractivity contribution in [3.8, 4) is 5.75 Å². The van der Waals surface area contributed by atoms with E-state index >= 15 is 0 Å². The first-order valence-corrected chi connectivity index (χ1v) is 15.0. The lowest BCUT2D eigenvalue weighted by molar-refractivity contribution is 0.0339. The lowest BCUT2D eigenvalue weighted by Gasteiger charge is -2.24. The van der Waals surface area contributed by atoms with Crippen LogP contribution in [0.15, 0.2) is 60.8 Å². The van der Waals surface area contributed by atoms with Gasteiger partial charge in [-0.3, -0.25) is 9.78 Å². The van der Waals surface area contributed by atoms with E-state index in [0.717, 1.165) is 17.3 Å². The number of hydrogen-bond acceptors (Lipinski definition) is 6. The van der Waals surface area contributed by atoms with Gasteiger partial charge in [0.1, 0.15) is 23.8 Å². The van der Waals surface area contributed by atoms with Crippen LogP contribution < -0.4 is 4.74 Å². The number of carbonyl (C=O) groups is 1. The average Bonchev–Trinajstić information content (AvgIpc) is 3.58. The molecule has 2 saturated heterocycles. The molecule has 212 valence electrons. The summed E-state index contributed by atoms with van der Waals surface area (Å²) in [5.74, 6) is -0.204. The number of hydrogen-bond donors (Lipinski definition) is 0. The van der Waals surface area contributed by atoms with Gasteiger partial charge in [-0.15, -0.1) is 0 Å². The van der Waals surface area contributed by atoms with Crippen molar-refractivity contribution < 1.29 is 27.1 Å². The Morgan fingerprint density at radius 1 is 1.07 bits per heavy atom. The van der Waals surface area contributed by atoms with Gasteiger partial charge in [0.05, 0.1) is 36.8 Å². The molecular formula is C30H34FN3O5S. The summed E-state index contributed by atoms with van der Waals surface area (Å²) in [5.41, 5.74) is 3.74. The highest BCUT2D eigenvalue weighted by Crippen LogP contribution is 2.34. The standard InChI is InChI=1S/C30H34FN3O5S/c1-20-9-10-21(2)25(14-20)30(35)33-17-28(38-3)29(18-33)39-24-7-4-6-22(15-24)19-40(36,37)34-13-5-8-27(34)26-12-11-23(31)16-32-26/h4,6-7,9-12,14-16,27-29H,5,8,13,17-19H2,1-3H3. The molecule has 2 aliphatic rings. The molecule has 5 rings (SSSR count). The zero-order chi connectivity index (χ0) is 28.4. The van der Waals surface area contributed by atoms with Gasteiger partial charge in [-0.05, 0) is 68.1 Å². The van der Waals surface area contributed by atoms with Crippen LogP contribution in [0, 0.1) is 19.7 Å². The second-order valence-corrected chi connectivity index (χ2v) is 12.5. The van der Waals surface area contributed by atoms with Crippen molar-refractivity contribution in [1.82, 2.24) is 14.2 Å². The predicted molar refractivity (Wildman–Crippen MR) is 149 cm³/mol. The highest BCUT2D eigenvalue weighted by atomic mass is 32.2. The molecule has 3 atom stereocenters. The maximum absolute atomic E-state index is 13.4. The fourth-order valence-corrected chi connectivity index (χ4v) is 7.29. The van der Waals surface area contributed by atoms with Crippen molar-refractivity contribution in [2.75, 3.05) is 26.7 Å². The van der Waals surface area contributed by atoms with Crippen LogP contribution in [-0.4, -0.2) is 67.5 Å². The SMILES string of the molecule is COC1CN(C(=O)c2cc(C)ccc2C)CC1Oc1cccc(CS(=O)(=O)N2CCCC2c2ccc(F)cn2)c1. The Morgan fingerprint density at radius 3 is 2.62 bits per heavy atom. The van der Waals surface area contributed by atoms with E-state index in [-0.39, 0.29) is 17.8 Å². The molecule has 1 amide bonds. The number of nitrogens with zero attached hydrogens (tertiary/aromatic N) is 3. The largest absolute Gasteiger partial charge is 0.486 e. The van der Waals surface area contributed by atoms with Gasteiger partial charge in [-0.25, -0.2) is 12.8 Å². The summed E-state index contributed by atoms with van der Waals surface area (Å²) in [6, 6.07) is 15.3. The van der Waals surface area contributed by atoms with Crippen molar-refractivity contribution in [2.45, 2.75) is 50.7 Å². The van der Waals surface area contributed by atoms with Crippen LogP contribution in [0.25, 0.3) is 0 Å². The number of amides is 1. The van der Waals surface area contributed by atoms with E-state index in [1.54, 1.807) is 42.3 Å². The molecule has 1 aromatic heterocycles. The molecule has 2 aliphatic heterocycles. The van der Waals surface area contributed by atoms with Gasteiger partial charge >= 0.3 is 0 Å². The minimum atomic E-state index is -3.67. The first kappa shape index (κ1) is 28.2. The van der Waals surface area contributed by atoms with E-state index in [2.05, 4.69) is 4.98 Å². The van der Waals surface area contributed by atoms with Crippen LogP contribution >= 0.6 is 0 Å². The molecule has 0 spiro atoms. The predicted octanol–water partition coefficient (Wildman–Crippen LogP) is 4.42. The van der Waals surface area contributed by atoms with E-state index in [1.807, 2.05) is 32.0 Å². The third kappa shape index (κ3) is 6.04. The zero-order valence-corrected chi connectivity index (χ0v) is 23.7. The number of halogens is 1. The number of rotatable bonds is 8. The molecule has 3 aromatic rings. The average molecular weight is 568 g/mol. The molecule has 0 bridgehead atoms. The zero-order valence-electron chi connectivity index (χ0n) is 22.9. The number of aromatic nitrogens is 1. The first-order valence-electron chi connectivity index (χ1n) is 13.4. The number of pyridine rings is 1. The molecule has 40 heavy (non-hydrogen) atoms. The van der Waals surface area contributed by atoms with E-state index in [4.69, 9.17) is 9.47 Å². The number of carbonyl (C=O) groups excluding carboxylic acids is 1. The quantitative estimate of drug-likeness (QED) is 0.400. The van der Waals surface area contributed by atoms with Gasteiger partial charge < -0.3 is 14.4 Å². The van der Waals surface area contributed by atoms with Crippen LogP contribution in [0.5, 0.6) is 5.75 Å². The molecule has 10 heteroatoms. The van der Waals surface area contributed by atoms with Gasteiger partial charge in [-0.1, -0.05) is 29.8 Å². The third-order valence-corrected chi connectivity index (χ3v) is 9.47. The maximum atomic E-state index is 13.4. The van der Waals surface area contributed by atoms with E-state index in [0.29, 0.717) is 55.0 Å². The Bertz CT molecular complexity index is 1480. The van der Waals surface area contributed by atoms with Crippen LogP contribution in [0.1, 0.15) is 51.6 Å². The number of aryl methyl sites for hydroxylation is 2. The highest BCUT2D eigenvalue weighted by molar-refractivity contribution is 7.88. The summed E-state index contributed by atoms with van der Waals surface area (Å²) in [5, 5.41) is 0. The van der Waals surface area contributed by atoms with Crippen molar-refractivity contribution in [3.05, 3.63) is 94.6 Å². The second kappa shape index (κ2) is 11.6. The van der Waals surface area contributed by atoms with Crippen molar-refractivity contribution in [2.24, 2.45) is 0 Å². The first-order chi connectivity index (χ1) is 19.1. The Morgan fingerprint density at radius 2 is 1.88 bits per heavy atom. The number of likely N-dealkylation sites (tertiary alicyclic amines) is 1. The molecule has 0 N–H and O–H groups in total. The van der Waals surface area contributed by atoms with Crippen molar-refractivity contribution >= 4 is 15.9 Å². The van der Waals surface area contributed by atoms with Gasteiger partial charge in [0.15, 0.2) is 0 Å². The number of ether oxygens (including phenoxy) is 2. The normalized spacial score (nSPS) is 21.6. The minimum absolute atomic E-state index is 0.0648. The summed E-state index contributed by atoms with van der Waals surface area (Å²) in [7, 11) is -2.08. The summed E-state index contributed by atoms with van der Waals surface area (Å²) < 4.78 is 53.6. The maximum Gasteiger partial charge on any atom is 0.254 e. The smallest absolute Gasteiger partial charge is 0.254 e. The second-order valence-electron chi connectivity index (χ2n) is 10.5. The van der Waals surface area contributed by atoms with Crippen LogP contribution in [0.2, 0.25) is 0 Å². The highest BCUT2D eigenvalue weighted by Gasteiger charge is 2.38. The van der Waals surface area contributed by atoms with Crippen molar-refractivity contribution in [1.29, 1.82) is 0 Å². The Kier molecular flexibility index (Phi) is 8.21. The minimum Gasteiger partial charge on any atom is -0.486 e. The van der Waals surface area contributed by atoms with Gasteiger partial charge in [0.25, 0.3) is 5.91 Å². The molecule has 0 saturated carbocycles. The summed E-state index contributed by atoms with van der Waals surface area (Å²) in [6.45, 7) is 5.03. The molecule has 3 heterocycles. The summed E-state index contributed by atoms with van der Waals surface area (Å²) >= 11 is 0. The van der Waals surface area contributed by atoms with Crippen LogP contribution in [0.4, 0.5) is 4.39 Å². The number of sulfonamides is 1.